The molecule has 1 aliphatic heterocycles. The first-order valence-corrected chi connectivity index (χ1v) is 13.6. The topological polar surface area (TPSA) is 194 Å². The number of nitrogens with one attached hydrogen (secondary N) is 2. The Morgan fingerprint density at radius 1 is 1.02 bits per heavy atom. The summed E-state index contributed by atoms with van der Waals surface area (Å²) in [6.07, 6.45) is 2.99. The molecule has 0 radical (unpaired) electrons. The van der Waals surface area contributed by atoms with Gasteiger partial charge < -0.3 is 31.1 Å². The number of carboxylic acids is 1. The highest BCUT2D eigenvalue weighted by Gasteiger charge is 2.29. The lowest BCUT2D eigenvalue weighted by Gasteiger charge is -2.26. The molecule has 0 saturated carbocycles. The third-order valence-electron chi connectivity index (χ3n) is 7.65. The number of nitrogens with two attached hydrogens (primary N) is 1. The zero-order valence-corrected chi connectivity index (χ0v) is 22.8. The summed E-state index contributed by atoms with van der Waals surface area (Å²) in [6, 6.07) is 11.1. The van der Waals surface area contributed by atoms with Crippen LogP contribution in [-0.4, -0.2) is 46.0 Å². The Morgan fingerprint density at radius 2 is 1.81 bits per heavy atom. The Bertz CT molecular complexity index is 1860. The van der Waals surface area contributed by atoms with E-state index in [2.05, 4.69) is 20.6 Å². The zero-order chi connectivity index (χ0) is 30.2. The van der Waals surface area contributed by atoms with Crippen molar-refractivity contribution in [1.29, 1.82) is 0 Å². The van der Waals surface area contributed by atoms with Crippen LogP contribution in [0, 0.1) is 0 Å². The molecule has 0 fully saturated rings. The Hall–Kier alpha value is -5.59. The molecule has 2 aliphatic rings. The lowest BCUT2D eigenvalue weighted by Crippen LogP contribution is -2.41. The SMILES string of the molecule is Nc1c(N2CCCOc3ccc(CNC(=O)c4cc(C(=O)N[C@H]5CCc6cc(C(=O)O)ccc65)ncn4)cc32)c(=O)c1=O. The molecule has 13 heteroatoms. The molecule has 1 aliphatic carbocycles. The molecule has 4 aromatic rings. The number of fused-ring (bicyclic) bond motifs is 2. The largest absolute Gasteiger partial charge is 0.491 e. The maximum Gasteiger partial charge on any atom is 0.335 e. The van der Waals surface area contributed by atoms with Crippen LogP contribution >= 0.6 is 0 Å². The van der Waals surface area contributed by atoms with E-state index < -0.39 is 28.6 Å². The van der Waals surface area contributed by atoms with Gasteiger partial charge in [-0.2, -0.15) is 0 Å². The molecule has 0 unspecified atom stereocenters. The lowest BCUT2D eigenvalue weighted by atomic mass is 10.0. The standard InChI is InChI=1S/C30H26N6O7/c31-24-25(27(38)26(24)37)36-8-1-9-43-23-7-2-15(10-22(23)36)13-32-28(39)20-12-21(34-14-33-20)29(40)35-19-6-4-16-11-17(30(41)42)3-5-18(16)19/h2-3,5,7,10-12,14,19H,1,4,6,8-9,13,31H2,(H,32,39)(H,35,40)(H,41,42)/t19-/m0/s1. The number of anilines is 3. The van der Waals surface area contributed by atoms with E-state index >= 15 is 0 Å². The lowest BCUT2D eigenvalue weighted by molar-refractivity contribution is 0.0696. The van der Waals surface area contributed by atoms with Crippen molar-refractivity contribution in [1.82, 2.24) is 20.6 Å². The van der Waals surface area contributed by atoms with Crippen LogP contribution in [0.25, 0.3) is 0 Å². The number of carboxylic acid groups (broad SMARTS) is 1. The molecule has 1 aromatic heterocycles. The van der Waals surface area contributed by atoms with Crippen molar-refractivity contribution in [3.63, 3.8) is 0 Å². The van der Waals surface area contributed by atoms with Gasteiger partial charge in [0.05, 0.1) is 23.9 Å². The molecule has 6 rings (SSSR count). The maximum atomic E-state index is 13.0. The summed E-state index contributed by atoms with van der Waals surface area (Å²) >= 11 is 0. The fourth-order valence-electron chi connectivity index (χ4n) is 5.44. The third kappa shape index (κ3) is 5.16. The highest BCUT2D eigenvalue weighted by atomic mass is 16.5. The number of amides is 2. The highest BCUT2D eigenvalue weighted by molar-refractivity contribution is 5.97. The van der Waals surface area contributed by atoms with Gasteiger partial charge in [0.1, 0.15) is 34.8 Å². The monoisotopic (exact) mass is 582 g/mol. The molecule has 2 amide bonds. The number of hydrogen-bond donors (Lipinski definition) is 4. The van der Waals surface area contributed by atoms with E-state index in [4.69, 9.17) is 10.5 Å². The van der Waals surface area contributed by atoms with E-state index in [1.54, 1.807) is 35.2 Å². The van der Waals surface area contributed by atoms with E-state index in [1.807, 2.05) is 0 Å². The summed E-state index contributed by atoms with van der Waals surface area (Å²) in [5, 5.41) is 14.9. The second-order valence-electron chi connectivity index (χ2n) is 10.3. The summed E-state index contributed by atoms with van der Waals surface area (Å²) < 4.78 is 5.79. The summed E-state index contributed by atoms with van der Waals surface area (Å²) in [6.45, 7) is 0.959. The van der Waals surface area contributed by atoms with Gasteiger partial charge in [0, 0.05) is 19.2 Å². The first kappa shape index (κ1) is 27.6. The number of aromatic carboxylic acids is 1. The van der Waals surface area contributed by atoms with Crippen LogP contribution in [-0.2, 0) is 13.0 Å². The molecular formula is C30H26N6O7. The molecule has 2 heterocycles. The van der Waals surface area contributed by atoms with E-state index in [0.29, 0.717) is 49.4 Å². The molecule has 0 spiro atoms. The van der Waals surface area contributed by atoms with E-state index in [9.17, 15) is 29.1 Å². The zero-order valence-electron chi connectivity index (χ0n) is 22.8. The van der Waals surface area contributed by atoms with Gasteiger partial charge in [0.25, 0.3) is 22.7 Å². The molecule has 0 saturated heterocycles. The molecule has 13 nitrogen and oxygen atoms in total. The Kier molecular flexibility index (Phi) is 7.06. The second-order valence-corrected chi connectivity index (χ2v) is 10.3. The number of carbonyl (C=O) groups is 3. The van der Waals surface area contributed by atoms with Crippen molar-refractivity contribution in [2.45, 2.75) is 31.8 Å². The predicted molar refractivity (Wildman–Crippen MR) is 154 cm³/mol. The minimum atomic E-state index is -1.01. The van der Waals surface area contributed by atoms with Gasteiger partial charge in [-0.15, -0.1) is 0 Å². The normalized spacial score (nSPS) is 15.6. The van der Waals surface area contributed by atoms with Gasteiger partial charge in [-0.3, -0.25) is 19.2 Å². The number of aromatic nitrogens is 2. The van der Waals surface area contributed by atoms with Gasteiger partial charge in [-0.1, -0.05) is 12.1 Å². The quantitative estimate of drug-likeness (QED) is 0.231. The van der Waals surface area contributed by atoms with Crippen molar-refractivity contribution in [2.24, 2.45) is 0 Å². The first-order chi connectivity index (χ1) is 20.7. The van der Waals surface area contributed by atoms with Crippen molar-refractivity contribution < 1.29 is 24.2 Å². The van der Waals surface area contributed by atoms with E-state index in [0.717, 1.165) is 17.5 Å². The number of hydrogen-bond acceptors (Lipinski definition) is 10. The Labute approximate surface area is 244 Å². The number of carbonyl (C=O) groups excluding carboxylic acids is 2. The minimum absolute atomic E-state index is 0.00528. The predicted octanol–water partition coefficient (Wildman–Crippen LogP) is 1.62. The van der Waals surface area contributed by atoms with Crippen molar-refractivity contribution in [3.05, 3.63) is 103 Å². The maximum absolute atomic E-state index is 13.0. The van der Waals surface area contributed by atoms with Gasteiger partial charge >= 0.3 is 5.97 Å². The van der Waals surface area contributed by atoms with E-state index in [-0.39, 0.29) is 40.9 Å². The molecule has 5 N–H and O–H groups in total. The van der Waals surface area contributed by atoms with Crippen molar-refractivity contribution >= 4 is 34.8 Å². The summed E-state index contributed by atoms with van der Waals surface area (Å²) in [5.74, 6) is -1.50. The van der Waals surface area contributed by atoms with Crippen LogP contribution < -0.4 is 36.9 Å². The summed E-state index contributed by atoms with van der Waals surface area (Å²) in [4.78, 5) is 70.9. The number of rotatable bonds is 7. The van der Waals surface area contributed by atoms with Gasteiger partial charge in [0.2, 0.25) is 0 Å². The number of benzene rings is 2. The summed E-state index contributed by atoms with van der Waals surface area (Å²) in [7, 11) is 0. The first-order valence-electron chi connectivity index (χ1n) is 13.6. The molecule has 3 aromatic carbocycles. The molecule has 43 heavy (non-hydrogen) atoms. The molecular weight excluding hydrogens is 556 g/mol. The summed E-state index contributed by atoms with van der Waals surface area (Å²) in [5.41, 5.74) is 7.73. The Morgan fingerprint density at radius 3 is 2.58 bits per heavy atom. The van der Waals surface area contributed by atoms with Crippen LogP contribution in [0.1, 0.15) is 66.9 Å². The number of ether oxygens (including phenoxy) is 1. The van der Waals surface area contributed by atoms with Crippen molar-refractivity contribution in [2.75, 3.05) is 23.8 Å². The Balaban J connectivity index is 1.13. The highest BCUT2D eigenvalue weighted by Crippen LogP contribution is 2.37. The van der Waals surface area contributed by atoms with Gasteiger partial charge in [0.15, 0.2) is 0 Å². The van der Waals surface area contributed by atoms with Crippen LogP contribution in [0.4, 0.5) is 17.1 Å². The minimum Gasteiger partial charge on any atom is -0.491 e. The number of aryl methyl sites for hydroxylation is 1. The second kappa shape index (κ2) is 11.0. The number of nitrogen functional groups attached to an aromatic ring is 1. The van der Waals surface area contributed by atoms with Crippen LogP contribution in [0.15, 0.2) is 58.4 Å². The fraction of sp³-hybridized carbons (Fsp3) is 0.233. The van der Waals surface area contributed by atoms with Gasteiger partial charge in [-0.05, 0) is 60.2 Å². The average Bonchev–Trinajstić information content (AvgIpc) is 3.31. The molecule has 1 atom stereocenters. The smallest absolute Gasteiger partial charge is 0.335 e. The molecule has 0 bridgehead atoms. The van der Waals surface area contributed by atoms with E-state index in [1.165, 1.54) is 12.1 Å². The average molecular weight is 583 g/mol. The number of nitrogens with zero attached hydrogens (tertiary/aromatic N) is 3. The van der Waals surface area contributed by atoms with Gasteiger partial charge in [-0.25, -0.2) is 14.8 Å². The fourth-order valence-corrected chi connectivity index (χ4v) is 5.44. The van der Waals surface area contributed by atoms with Crippen LogP contribution in [0.3, 0.4) is 0 Å². The van der Waals surface area contributed by atoms with Crippen LogP contribution in [0.2, 0.25) is 0 Å². The van der Waals surface area contributed by atoms with Crippen LogP contribution in [0.5, 0.6) is 5.75 Å². The third-order valence-corrected chi connectivity index (χ3v) is 7.65. The van der Waals surface area contributed by atoms with Crippen molar-refractivity contribution in [3.8, 4) is 5.75 Å². The molecule has 218 valence electrons.